The molecule has 0 amide bonds. The van der Waals surface area contributed by atoms with Crippen LogP contribution in [0, 0.1) is 11.6 Å². The zero-order valence-corrected chi connectivity index (χ0v) is 17.6. The lowest BCUT2D eigenvalue weighted by Gasteiger charge is -2.15. The summed E-state index contributed by atoms with van der Waals surface area (Å²) in [5, 5.41) is 10.1. The first kappa shape index (κ1) is 22.1. The summed E-state index contributed by atoms with van der Waals surface area (Å²) in [6, 6.07) is 17.0. The van der Waals surface area contributed by atoms with Crippen molar-refractivity contribution >= 4 is 22.8 Å². The Morgan fingerprint density at radius 2 is 1.67 bits per heavy atom. The molecule has 0 atom stereocenters. The van der Waals surface area contributed by atoms with Crippen LogP contribution in [0.1, 0.15) is 22.3 Å². The molecule has 1 N–H and O–H groups in total. The quantitative estimate of drug-likeness (QED) is 0.387. The van der Waals surface area contributed by atoms with Crippen molar-refractivity contribution in [3.05, 3.63) is 89.5 Å². The van der Waals surface area contributed by atoms with Gasteiger partial charge in [-0.25, -0.2) is 18.6 Å². The Hall–Kier alpha value is -4.13. The number of fused-ring (bicyclic) bond motifs is 1. The van der Waals surface area contributed by atoms with Crippen LogP contribution >= 0.6 is 0 Å². The Balaban J connectivity index is 1.90. The first-order chi connectivity index (χ1) is 15.9. The summed E-state index contributed by atoms with van der Waals surface area (Å²) in [5.41, 5.74) is 2.52. The van der Waals surface area contributed by atoms with Gasteiger partial charge >= 0.3 is 11.9 Å². The molecule has 0 aliphatic carbocycles. The zero-order chi connectivity index (χ0) is 23.5. The molecule has 4 aromatic rings. The van der Waals surface area contributed by atoms with Crippen molar-refractivity contribution in [2.24, 2.45) is 0 Å². The van der Waals surface area contributed by atoms with E-state index in [0.29, 0.717) is 33.5 Å². The van der Waals surface area contributed by atoms with Crippen molar-refractivity contribution in [2.45, 2.75) is 12.8 Å². The highest BCUT2D eigenvalue weighted by Crippen LogP contribution is 2.33. The van der Waals surface area contributed by atoms with E-state index in [2.05, 4.69) is 4.98 Å². The normalized spacial score (nSPS) is 10.9. The van der Waals surface area contributed by atoms with Crippen LogP contribution in [-0.2, 0) is 16.0 Å². The van der Waals surface area contributed by atoms with Gasteiger partial charge in [0.1, 0.15) is 11.6 Å². The summed E-state index contributed by atoms with van der Waals surface area (Å²) < 4.78 is 32.8. The number of aromatic carboxylic acids is 1. The molecule has 7 heteroatoms. The van der Waals surface area contributed by atoms with Gasteiger partial charge in [0, 0.05) is 22.9 Å². The van der Waals surface area contributed by atoms with E-state index in [4.69, 9.17) is 4.74 Å². The van der Waals surface area contributed by atoms with Crippen molar-refractivity contribution < 1.29 is 28.2 Å². The number of halogens is 2. The minimum atomic E-state index is -1.25. The standard InChI is InChI=1S/C26H19F2NO4/c1-33-23(30)13-11-19-24(26(31)32)20-14-17(27)10-12-22(20)29-25(19)16-8-6-15(7-9-16)18-4-2-3-5-21(18)28/h2-10,12,14H,11,13H2,1H3,(H,31,32). The van der Waals surface area contributed by atoms with Crippen LogP contribution in [0.15, 0.2) is 66.7 Å². The van der Waals surface area contributed by atoms with E-state index in [1.807, 2.05) is 0 Å². The number of hydrogen-bond acceptors (Lipinski definition) is 4. The fraction of sp³-hybridized carbons (Fsp3) is 0.115. The Bertz CT molecular complexity index is 1370. The van der Waals surface area contributed by atoms with Crippen molar-refractivity contribution in [1.29, 1.82) is 0 Å². The molecule has 33 heavy (non-hydrogen) atoms. The van der Waals surface area contributed by atoms with E-state index < -0.39 is 17.8 Å². The Morgan fingerprint density at radius 1 is 0.970 bits per heavy atom. The van der Waals surface area contributed by atoms with Crippen LogP contribution in [0.5, 0.6) is 0 Å². The maximum absolute atomic E-state index is 14.2. The predicted octanol–water partition coefficient (Wildman–Crippen LogP) is 5.65. The lowest BCUT2D eigenvalue weighted by Crippen LogP contribution is -2.11. The lowest BCUT2D eigenvalue weighted by atomic mass is 9.92. The van der Waals surface area contributed by atoms with Gasteiger partial charge in [0.25, 0.3) is 0 Å². The maximum Gasteiger partial charge on any atom is 0.336 e. The summed E-state index contributed by atoms with van der Waals surface area (Å²) in [6.07, 6.45) is -0.0300. The lowest BCUT2D eigenvalue weighted by molar-refractivity contribution is -0.140. The summed E-state index contributed by atoms with van der Waals surface area (Å²) in [5.74, 6) is -2.71. The molecule has 0 bridgehead atoms. The van der Waals surface area contributed by atoms with Crippen LogP contribution in [0.3, 0.4) is 0 Å². The molecule has 0 radical (unpaired) electrons. The van der Waals surface area contributed by atoms with E-state index in [-0.39, 0.29) is 29.6 Å². The molecule has 0 fully saturated rings. The molecule has 0 unspecified atom stereocenters. The van der Waals surface area contributed by atoms with E-state index in [1.54, 1.807) is 42.5 Å². The molecule has 3 aromatic carbocycles. The first-order valence-electron chi connectivity index (χ1n) is 10.2. The molecule has 166 valence electrons. The number of esters is 1. The zero-order valence-electron chi connectivity index (χ0n) is 17.6. The topological polar surface area (TPSA) is 76.5 Å². The number of hydrogen-bond donors (Lipinski definition) is 1. The highest BCUT2D eigenvalue weighted by atomic mass is 19.1. The Morgan fingerprint density at radius 3 is 2.33 bits per heavy atom. The summed E-state index contributed by atoms with van der Waals surface area (Å²) >= 11 is 0. The van der Waals surface area contributed by atoms with Crippen molar-refractivity contribution in [3.63, 3.8) is 0 Å². The number of rotatable bonds is 6. The third-order valence-electron chi connectivity index (χ3n) is 5.41. The molecule has 0 spiro atoms. The highest BCUT2D eigenvalue weighted by molar-refractivity contribution is 6.06. The van der Waals surface area contributed by atoms with Gasteiger partial charge in [-0.15, -0.1) is 0 Å². The van der Waals surface area contributed by atoms with Crippen LogP contribution in [0.4, 0.5) is 8.78 Å². The number of carboxylic acid groups (broad SMARTS) is 1. The van der Waals surface area contributed by atoms with E-state index >= 15 is 0 Å². The number of carbonyl (C=O) groups excluding carboxylic acids is 1. The number of carbonyl (C=O) groups is 2. The second kappa shape index (κ2) is 9.16. The summed E-state index contributed by atoms with van der Waals surface area (Å²) in [4.78, 5) is 28.6. The summed E-state index contributed by atoms with van der Waals surface area (Å²) in [6.45, 7) is 0. The van der Waals surface area contributed by atoms with Crippen LogP contribution in [0.2, 0.25) is 0 Å². The second-order valence-corrected chi connectivity index (χ2v) is 7.41. The molecule has 4 rings (SSSR count). The van der Waals surface area contributed by atoms with Crippen LogP contribution < -0.4 is 0 Å². The molecule has 1 heterocycles. The number of benzene rings is 3. The fourth-order valence-electron chi connectivity index (χ4n) is 3.83. The fourth-order valence-corrected chi connectivity index (χ4v) is 3.83. The van der Waals surface area contributed by atoms with Gasteiger partial charge in [-0.2, -0.15) is 0 Å². The van der Waals surface area contributed by atoms with E-state index in [1.165, 1.54) is 25.3 Å². The number of methoxy groups -OCH3 is 1. The van der Waals surface area contributed by atoms with Crippen molar-refractivity contribution in [1.82, 2.24) is 4.98 Å². The predicted molar refractivity (Wildman–Crippen MR) is 120 cm³/mol. The summed E-state index contributed by atoms with van der Waals surface area (Å²) in [7, 11) is 1.25. The Labute approximate surface area is 188 Å². The maximum atomic E-state index is 14.2. The molecule has 1 aromatic heterocycles. The molecule has 0 saturated heterocycles. The van der Waals surface area contributed by atoms with Crippen molar-refractivity contribution in [3.8, 4) is 22.4 Å². The van der Waals surface area contributed by atoms with Crippen LogP contribution in [0.25, 0.3) is 33.3 Å². The third-order valence-corrected chi connectivity index (χ3v) is 5.41. The smallest absolute Gasteiger partial charge is 0.336 e. The van der Waals surface area contributed by atoms with E-state index in [9.17, 15) is 23.5 Å². The van der Waals surface area contributed by atoms with Gasteiger partial charge in [0.05, 0.1) is 23.9 Å². The molecule has 5 nitrogen and oxygen atoms in total. The van der Waals surface area contributed by atoms with Crippen LogP contribution in [-0.4, -0.2) is 29.1 Å². The van der Waals surface area contributed by atoms with Gasteiger partial charge in [-0.05, 0) is 41.8 Å². The highest BCUT2D eigenvalue weighted by Gasteiger charge is 2.22. The molecule has 0 aliphatic heterocycles. The molecular formula is C26H19F2NO4. The number of ether oxygens (including phenoxy) is 1. The second-order valence-electron chi connectivity index (χ2n) is 7.41. The number of pyridine rings is 1. The minimum absolute atomic E-state index is 0.0398. The average molecular weight is 447 g/mol. The first-order valence-corrected chi connectivity index (χ1v) is 10.2. The van der Waals surface area contributed by atoms with E-state index in [0.717, 1.165) is 6.07 Å². The Kier molecular flexibility index (Phi) is 6.13. The molecule has 0 aliphatic rings. The third kappa shape index (κ3) is 4.43. The van der Waals surface area contributed by atoms with Gasteiger partial charge in [-0.1, -0.05) is 42.5 Å². The number of nitrogens with zero attached hydrogens (tertiary/aromatic N) is 1. The van der Waals surface area contributed by atoms with Gasteiger partial charge in [0.15, 0.2) is 0 Å². The largest absolute Gasteiger partial charge is 0.478 e. The van der Waals surface area contributed by atoms with Gasteiger partial charge < -0.3 is 9.84 Å². The monoisotopic (exact) mass is 447 g/mol. The van der Waals surface area contributed by atoms with Gasteiger partial charge in [-0.3, -0.25) is 4.79 Å². The minimum Gasteiger partial charge on any atom is -0.478 e. The molecule has 0 saturated carbocycles. The van der Waals surface area contributed by atoms with Gasteiger partial charge in [0.2, 0.25) is 0 Å². The number of carboxylic acids is 1. The number of aromatic nitrogens is 1. The SMILES string of the molecule is COC(=O)CCc1c(-c2ccc(-c3ccccc3F)cc2)nc2ccc(F)cc2c1C(=O)O. The van der Waals surface area contributed by atoms with Crippen molar-refractivity contribution in [2.75, 3.05) is 7.11 Å². The average Bonchev–Trinajstić information content (AvgIpc) is 2.82. The molecular weight excluding hydrogens is 428 g/mol.